The molecule has 3 rings (SSSR count). The van der Waals surface area contributed by atoms with Gasteiger partial charge in [-0.15, -0.1) is 10.2 Å². The third-order valence-electron chi connectivity index (χ3n) is 2.73. The lowest BCUT2D eigenvalue weighted by molar-refractivity contribution is 0.825. The zero-order valence-electron chi connectivity index (χ0n) is 9.39. The molecule has 0 amide bonds. The Balaban J connectivity index is 2.47. The molecule has 0 unspecified atom stereocenters. The standard InChI is InChI=1S/C12H11ClN4/c1-2-5-10-15-16-12-11(13)14-8-6-3-4-7-9(8)17(10)12/h3-4,6-7H,2,5H2,1H3. The smallest absolute Gasteiger partial charge is 0.199 e. The first kappa shape index (κ1) is 10.5. The Hall–Kier alpha value is -1.68. The molecular weight excluding hydrogens is 236 g/mol. The van der Waals surface area contributed by atoms with Crippen molar-refractivity contribution < 1.29 is 0 Å². The molecule has 0 saturated heterocycles. The Morgan fingerprint density at radius 1 is 1.24 bits per heavy atom. The number of rotatable bonds is 2. The van der Waals surface area contributed by atoms with Crippen molar-refractivity contribution in [3.63, 3.8) is 0 Å². The Morgan fingerprint density at radius 3 is 2.88 bits per heavy atom. The number of hydrogen-bond acceptors (Lipinski definition) is 3. The Morgan fingerprint density at radius 2 is 2.06 bits per heavy atom. The third kappa shape index (κ3) is 1.56. The fourth-order valence-corrected chi connectivity index (χ4v) is 2.21. The maximum absolute atomic E-state index is 6.12. The van der Waals surface area contributed by atoms with E-state index in [1.165, 1.54) is 0 Å². The van der Waals surface area contributed by atoms with Gasteiger partial charge in [-0.25, -0.2) is 4.98 Å². The summed E-state index contributed by atoms with van der Waals surface area (Å²) in [6, 6.07) is 7.87. The second-order valence-corrected chi connectivity index (χ2v) is 4.27. The van der Waals surface area contributed by atoms with Gasteiger partial charge in [-0.05, 0) is 18.6 Å². The summed E-state index contributed by atoms with van der Waals surface area (Å²) in [5, 5.41) is 8.69. The molecule has 2 heterocycles. The van der Waals surface area contributed by atoms with Crippen LogP contribution in [0, 0.1) is 0 Å². The summed E-state index contributed by atoms with van der Waals surface area (Å²) in [5.41, 5.74) is 2.50. The van der Waals surface area contributed by atoms with Crippen molar-refractivity contribution in [1.29, 1.82) is 0 Å². The van der Waals surface area contributed by atoms with Gasteiger partial charge < -0.3 is 0 Å². The Kier molecular flexibility index (Phi) is 2.44. The predicted octanol–water partition coefficient (Wildman–Crippen LogP) is 2.88. The Labute approximate surface area is 103 Å². The SMILES string of the molecule is CCCc1nnc2c(Cl)nc3ccccc3n12. The summed E-state index contributed by atoms with van der Waals surface area (Å²) < 4.78 is 1.99. The van der Waals surface area contributed by atoms with Crippen LogP contribution in [0.3, 0.4) is 0 Å². The molecule has 86 valence electrons. The van der Waals surface area contributed by atoms with Gasteiger partial charge in [0.15, 0.2) is 10.8 Å². The van der Waals surface area contributed by atoms with E-state index in [2.05, 4.69) is 22.1 Å². The summed E-state index contributed by atoms with van der Waals surface area (Å²) in [5.74, 6) is 0.933. The number of hydrogen-bond donors (Lipinski definition) is 0. The van der Waals surface area contributed by atoms with Crippen LogP contribution in [-0.2, 0) is 6.42 Å². The van der Waals surface area contributed by atoms with Gasteiger partial charge in [0.2, 0.25) is 0 Å². The van der Waals surface area contributed by atoms with Crippen molar-refractivity contribution in [2.75, 3.05) is 0 Å². The number of aryl methyl sites for hydroxylation is 1. The molecule has 0 bridgehead atoms. The highest BCUT2D eigenvalue weighted by Gasteiger charge is 2.12. The van der Waals surface area contributed by atoms with Crippen LogP contribution in [0.15, 0.2) is 24.3 Å². The van der Waals surface area contributed by atoms with Crippen LogP contribution in [0.2, 0.25) is 5.15 Å². The van der Waals surface area contributed by atoms with Crippen molar-refractivity contribution in [2.45, 2.75) is 19.8 Å². The van der Waals surface area contributed by atoms with Crippen molar-refractivity contribution in [2.24, 2.45) is 0 Å². The zero-order chi connectivity index (χ0) is 11.8. The summed E-state index contributed by atoms with van der Waals surface area (Å²) in [6.45, 7) is 2.12. The van der Waals surface area contributed by atoms with Crippen LogP contribution in [0.5, 0.6) is 0 Å². The first-order chi connectivity index (χ1) is 8.31. The molecule has 0 N–H and O–H groups in total. The molecule has 0 aliphatic carbocycles. The van der Waals surface area contributed by atoms with E-state index < -0.39 is 0 Å². The monoisotopic (exact) mass is 246 g/mol. The average Bonchev–Trinajstić information content (AvgIpc) is 2.75. The Bertz CT molecular complexity index is 689. The summed E-state index contributed by atoms with van der Waals surface area (Å²) in [7, 11) is 0. The van der Waals surface area contributed by atoms with E-state index >= 15 is 0 Å². The van der Waals surface area contributed by atoms with Gasteiger partial charge in [0.25, 0.3) is 0 Å². The third-order valence-corrected chi connectivity index (χ3v) is 2.98. The number of para-hydroxylation sites is 2. The molecule has 4 nitrogen and oxygen atoms in total. The maximum Gasteiger partial charge on any atom is 0.199 e. The van der Waals surface area contributed by atoms with E-state index in [0.29, 0.717) is 10.8 Å². The molecule has 1 aromatic carbocycles. The molecule has 0 spiro atoms. The van der Waals surface area contributed by atoms with E-state index in [1.807, 2.05) is 28.7 Å². The lowest BCUT2D eigenvalue weighted by atomic mass is 10.3. The molecule has 0 radical (unpaired) electrons. The molecule has 0 fully saturated rings. The van der Waals surface area contributed by atoms with Crippen LogP contribution >= 0.6 is 11.6 Å². The van der Waals surface area contributed by atoms with Gasteiger partial charge in [-0.1, -0.05) is 30.7 Å². The minimum atomic E-state index is 0.401. The number of aromatic nitrogens is 4. The molecule has 3 aromatic rings. The van der Waals surface area contributed by atoms with E-state index in [9.17, 15) is 0 Å². The highest BCUT2D eigenvalue weighted by molar-refractivity contribution is 6.32. The van der Waals surface area contributed by atoms with Gasteiger partial charge in [0.1, 0.15) is 5.82 Å². The second kappa shape index (κ2) is 3.96. The van der Waals surface area contributed by atoms with Gasteiger partial charge in [0, 0.05) is 6.42 Å². The van der Waals surface area contributed by atoms with Crippen molar-refractivity contribution in [3.8, 4) is 0 Å². The first-order valence-corrected chi connectivity index (χ1v) is 5.97. The topological polar surface area (TPSA) is 43.1 Å². The average molecular weight is 247 g/mol. The predicted molar refractivity (Wildman–Crippen MR) is 67.3 cm³/mol. The van der Waals surface area contributed by atoms with E-state index in [4.69, 9.17) is 11.6 Å². The van der Waals surface area contributed by atoms with E-state index in [0.717, 1.165) is 29.7 Å². The number of fused-ring (bicyclic) bond motifs is 3. The number of benzene rings is 1. The van der Waals surface area contributed by atoms with Gasteiger partial charge in [-0.3, -0.25) is 4.40 Å². The van der Waals surface area contributed by atoms with Crippen LogP contribution in [0.4, 0.5) is 0 Å². The molecular formula is C12H11ClN4. The summed E-state index contributed by atoms with van der Waals surface area (Å²) in [6.07, 6.45) is 1.90. The highest BCUT2D eigenvalue weighted by Crippen LogP contribution is 2.21. The lowest BCUT2D eigenvalue weighted by Gasteiger charge is -2.04. The zero-order valence-corrected chi connectivity index (χ0v) is 10.1. The van der Waals surface area contributed by atoms with Crippen LogP contribution < -0.4 is 0 Å². The second-order valence-electron chi connectivity index (χ2n) is 3.92. The highest BCUT2D eigenvalue weighted by atomic mass is 35.5. The van der Waals surface area contributed by atoms with Crippen LogP contribution in [0.1, 0.15) is 19.2 Å². The number of nitrogens with zero attached hydrogens (tertiary/aromatic N) is 4. The van der Waals surface area contributed by atoms with Crippen LogP contribution in [0.25, 0.3) is 16.7 Å². The van der Waals surface area contributed by atoms with Crippen molar-refractivity contribution in [3.05, 3.63) is 35.2 Å². The molecule has 0 aliphatic heterocycles. The minimum absolute atomic E-state index is 0.401. The van der Waals surface area contributed by atoms with E-state index in [-0.39, 0.29) is 0 Å². The summed E-state index contributed by atoms with van der Waals surface area (Å²) in [4.78, 5) is 4.32. The van der Waals surface area contributed by atoms with Gasteiger partial charge in [-0.2, -0.15) is 0 Å². The molecule has 2 aromatic heterocycles. The van der Waals surface area contributed by atoms with Crippen molar-refractivity contribution >= 4 is 28.3 Å². The minimum Gasteiger partial charge on any atom is -0.275 e. The number of halogens is 1. The largest absolute Gasteiger partial charge is 0.275 e. The van der Waals surface area contributed by atoms with Crippen LogP contribution in [-0.4, -0.2) is 19.6 Å². The molecule has 0 saturated carbocycles. The molecule has 0 atom stereocenters. The normalized spacial score (nSPS) is 11.4. The molecule has 17 heavy (non-hydrogen) atoms. The van der Waals surface area contributed by atoms with Gasteiger partial charge >= 0.3 is 0 Å². The lowest BCUT2D eigenvalue weighted by Crippen LogP contribution is -1.98. The summed E-state index contributed by atoms with van der Waals surface area (Å²) >= 11 is 6.12. The van der Waals surface area contributed by atoms with Gasteiger partial charge in [0.05, 0.1) is 11.0 Å². The molecule has 0 aliphatic rings. The van der Waals surface area contributed by atoms with E-state index in [1.54, 1.807) is 0 Å². The fraction of sp³-hybridized carbons (Fsp3) is 0.250. The maximum atomic E-state index is 6.12. The molecule has 5 heteroatoms. The quantitative estimate of drug-likeness (QED) is 0.698. The first-order valence-electron chi connectivity index (χ1n) is 5.59. The van der Waals surface area contributed by atoms with Crippen molar-refractivity contribution in [1.82, 2.24) is 19.6 Å². The fourth-order valence-electron chi connectivity index (χ4n) is 1.99.